The molecule has 0 radical (unpaired) electrons. The maximum atomic E-state index is 13.1. The lowest BCUT2D eigenvalue weighted by atomic mass is 9.95. The largest absolute Gasteiger partial charge is 0.359 e. The number of imidazole rings is 1. The summed E-state index contributed by atoms with van der Waals surface area (Å²) in [7, 11) is 3.77. The molecule has 2 amide bonds. The molecule has 1 aromatic heterocycles. The second-order valence-electron chi connectivity index (χ2n) is 9.66. The van der Waals surface area contributed by atoms with Gasteiger partial charge in [0.1, 0.15) is 5.82 Å². The Kier molecular flexibility index (Phi) is 8.53. The molecule has 2 heterocycles. The molecule has 1 aliphatic rings. The number of fused-ring (bicyclic) bond motifs is 1. The van der Waals surface area contributed by atoms with Crippen molar-refractivity contribution in [3.63, 3.8) is 0 Å². The first-order valence-corrected chi connectivity index (χ1v) is 12.8. The fourth-order valence-corrected chi connectivity index (χ4v) is 4.79. The van der Waals surface area contributed by atoms with Crippen molar-refractivity contribution in [3.05, 3.63) is 54.5 Å². The minimum absolute atomic E-state index is 0.0527. The number of carbonyl (C=O) groups excluding carboxylic acids is 2. The van der Waals surface area contributed by atoms with Gasteiger partial charge in [-0.15, -0.1) is 0 Å². The third-order valence-corrected chi connectivity index (χ3v) is 7.07. The number of rotatable bonds is 10. The van der Waals surface area contributed by atoms with Crippen LogP contribution in [0.3, 0.4) is 0 Å². The second kappa shape index (κ2) is 12.0. The van der Waals surface area contributed by atoms with E-state index in [0.29, 0.717) is 6.42 Å². The van der Waals surface area contributed by atoms with E-state index in [-0.39, 0.29) is 23.8 Å². The van der Waals surface area contributed by atoms with Crippen molar-refractivity contribution < 1.29 is 9.59 Å². The van der Waals surface area contributed by atoms with Crippen LogP contribution in [0, 0.1) is 5.92 Å². The number of H-pyrrole nitrogens is 1. The number of nitrogens with zero attached hydrogens (tertiary/aromatic N) is 2. The number of nitrogens with one attached hydrogen (secondary N) is 3. The summed E-state index contributed by atoms with van der Waals surface area (Å²) >= 11 is 0. The lowest BCUT2D eigenvalue weighted by Crippen LogP contribution is -2.40. The summed E-state index contributed by atoms with van der Waals surface area (Å²) in [5, 5.41) is 8.35. The fraction of sp³-hybridized carbons (Fsp3) is 0.464. The standard InChI is InChI=1S/C28H37N5O2/c1-29-26(34)11-5-3-4-10-24(32-28(35)21-14-16-33(2)17-15-21)27-30-19-25(31-27)23-13-12-20-8-6-7-9-22(20)18-23/h6-9,12-13,18-19,21,24H,3-5,10-11,14-17H2,1-2H3,(H,29,34)(H,30,31)(H,32,35)/t24-/m0/s1. The molecule has 186 valence electrons. The van der Waals surface area contributed by atoms with E-state index in [1.54, 1.807) is 7.05 Å². The smallest absolute Gasteiger partial charge is 0.223 e. The summed E-state index contributed by atoms with van der Waals surface area (Å²) in [5.74, 6) is 1.04. The van der Waals surface area contributed by atoms with Crippen LogP contribution in [0.25, 0.3) is 22.0 Å². The molecule has 2 aromatic carbocycles. The Labute approximate surface area is 207 Å². The lowest BCUT2D eigenvalue weighted by molar-refractivity contribution is -0.127. The number of likely N-dealkylation sites (tertiary alicyclic amines) is 1. The van der Waals surface area contributed by atoms with Gasteiger partial charge in [-0.25, -0.2) is 4.98 Å². The average molecular weight is 476 g/mol. The fourth-order valence-electron chi connectivity index (χ4n) is 4.79. The lowest BCUT2D eigenvalue weighted by Gasteiger charge is -2.29. The highest BCUT2D eigenvalue weighted by Crippen LogP contribution is 2.26. The molecular weight excluding hydrogens is 438 g/mol. The van der Waals surface area contributed by atoms with Crippen LogP contribution in [0.5, 0.6) is 0 Å². The third kappa shape index (κ3) is 6.69. The Morgan fingerprint density at radius 3 is 2.63 bits per heavy atom. The van der Waals surface area contributed by atoms with E-state index in [9.17, 15) is 9.59 Å². The van der Waals surface area contributed by atoms with Crippen molar-refractivity contribution in [2.24, 2.45) is 5.92 Å². The molecule has 4 rings (SSSR count). The predicted molar refractivity (Wildman–Crippen MR) is 140 cm³/mol. The first kappa shape index (κ1) is 24.9. The molecule has 0 bridgehead atoms. The number of aromatic nitrogens is 2. The Balaban J connectivity index is 1.45. The number of carbonyl (C=O) groups is 2. The van der Waals surface area contributed by atoms with Crippen LogP contribution >= 0.6 is 0 Å². The summed E-state index contributed by atoms with van der Waals surface area (Å²) < 4.78 is 0. The number of amides is 2. The molecule has 0 saturated carbocycles. The monoisotopic (exact) mass is 475 g/mol. The Morgan fingerprint density at radius 1 is 1.09 bits per heavy atom. The van der Waals surface area contributed by atoms with E-state index in [1.165, 1.54) is 10.8 Å². The number of benzene rings is 2. The maximum absolute atomic E-state index is 13.1. The third-order valence-electron chi connectivity index (χ3n) is 7.07. The molecule has 3 aromatic rings. The Morgan fingerprint density at radius 2 is 1.86 bits per heavy atom. The van der Waals surface area contributed by atoms with Crippen molar-refractivity contribution in [3.8, 4) is 11.3 Å². The van der Waals surface area contributed by atoms with Gasteiger partial charge in [-0.05, 0) is 62.7 Å². The van der Waals surface area contributed by atoms with E-state index in [1.807, 2.05) is 18.3 Å². The predicted octanol–water partition coefficient (Wildman–Crippen LogP) is 4.43. The number of hydrogen-bond donors (Lipinski definition) is 3. The minimum Gasteiger partial charge on any atom is -0.359 e. The van der Waals surface area contributed by atoms with Gasteiger partial charge < -0.3 is 20.5 Å². The normalized spacial score (nSPS) is 15.7. The van der Waals surface area contributed by atoms with Gasteiger partial charge in [0.2, 0.25) is 11.8 Å². The SMILES string of the molecule is CNC(=O)CCCCC[C@H](NC(=O)C1CCN(C)CC1)c1ncc(-c2ccc3ccccc3c2)[nH]1. The van der Waals surface area contributed by atoms with Crippen LogP contribution < -0.4 is 10.6 Å². The maximum Gasteiger partial charge on any atom is 0.223 e. The summed E-state index contributed by atoms with van der Waals surface area (Å²) in [6.45, 7) is 1.91. The van der Waals surface area contributed by atoms with Crippen LogP contribution in [0.4, 0.5) is 0 Å². The van der Waals surface area contributed by atoms with Gasteiger partial charge in [-0.2, -0.15) is 0 Å². The highest BCUT2D eigenvalue weighted by Gasteiger charge is 2.26. The van der Waals surface area contributed by atoms with Crippen molar-refractivity contribution in [1.82, 2.24) is 25.5 Å². The van der Waals surface area contributed by atoms with Crippen molar-refractivity contribution in [1.29, 1.82) is 0 Å². The van der Waals surface area contributed by atoms with Gasteiger partial charge in [0, 0.05) is 24.9 Å². The van der Waals surface area contributed by atoms with Gasteiger partial charge in [-0.1, -0.05) is 49.2 Å². The first-order valence-electron chi connectivity index (χ1n) is 12.8. The van der Waals surface area contributed by atoms with Crippen LogP contribution in [0.2, 0.25) is 0 Å². The molecule has 3 N–H and O–H groups in total. The molecule has 35 heavy (non-hydrogen) atoms. The molecule has 0 aliphatic carbocycles. The van der Waals surface area contributed by atoms with E-state index < -0.39 is 0 Å². The van der Waals surface area contributed by atoms with Crippen molar-refractivity contribution in [2.45, 2.75) is 51.0 Å². The summed E-state index contributed by atoms with van der Waals surface area (Å²) in [6, 6.07) is 14.5. The summed E-state index contributed by atoms with van der Waals surface area (Å²) in [6.07, 6.45) is 7.67. The number of aromatic amines is 1. The molecule has 7 nitrogen and oxygen atoms in total. The van der Waals surface area contributed by atoms with Crippen LogP contribution in [-0.4, -0.2) is 53.9 Å². The van der Waals surface area contributed by atoms with Gasteiger partial charge in [-0.3, -0.25) is 9.59 Å². The molecule has 0 spiro atoms. The Hall–Kier alpha value is -3.19. The number of piperidine rings is 1. The number of unbranched alkanes of at least 4 members (excludes halogenated alkanes) is 2. The minimum atomic E-state index is -0.170. The van der Waals surface area contributed by atoms with E-state index in [0.717, 1.165) is 68.7 Å². The van der Waals surface area contributed by atoms with E-state index in [4.69, 9.17) is 0 Å². The molecule has 1 fully saturated rings. The second-order valence-corrected chi connectivity index (χ2v) is 9.66. The molecule has 7 heteroatoms. The average Bonchev–Trinajstić information content (AvgIpc) is 3.38. The van der Waals surface area contributed by atoms with Crippen LogP contribution in [0.1, 0.15) is 56.8 Å². The van der Waals surface area contributed by atoms with Crippen LogP contribution in [0.15, 0.2) is 48.7 Å². The van der Waals surface area contributed by atoms with Gasteiger partial charge >= 0.3 is 0 Å². The summed E-state index contributed by atoms with van der Waals surface area (Å²) in [5.41, 5.74) is 2.03. The summed E-state index contributed by atoms with van der Waals surface area (Å²) in [4.78, 5) is 35.0. The van der Waals surface area contributed by atoms with Gasteiger partial charge in [0.25, 0.3) is 0 Å². The zero-order valence-corrected chi connectivity index (χ0v) is 20.8. The molecular formula is C28H37N5O2. The van der Waals surface area contributed by atoms with Crippen molar-refractivity contribution >= 4 is 22.6 Å². The molecule has 0 unspecified atom stereocenters. The molecule has 1 saturated heterocycles. The van der Waals surface area contributed by atoms with Crippen molar-refractivity contribution in [2.75, 3.05) is 27.2 Å². The Bertz CT molecular complexity index is 1130. The van der Waals surface area contributed by atoms with E-state index >= 15 is 0 Å². The van der Waals surface area contributed by atoms with Gasteiger partial charge in [0.05, 0.1) is 17.9 Å². The highest BCUT2D eigenvalue weighted by molar-refractivity contribution is 5.86. The first-order chi connectivity index (χ1) is 17.0. The highest BCUT2D eigenvalue weighted by atomic mass is 16.2. The zero-order valence-electron chi connectivity index (χ0n) is 20.8. The van der Waals surface area contributed by atoms with Gasteiger partial charge in [0.15, 0.2) is 0 Å². The quantitative estimate of drug-likeness (QED) is 0.379. The van der Waals surface area contributed by atoms with Crippen LogP contribution in [-0.2, 0) is 9.59 Å². The molecule has 1 atom stereocenters. The zero-order chi connectivity index (χ0) is 24.6. The number of hydrogen-bond acceptors (Lipinski definition) is 4. The topological polar surface area (TPSA) is 90.1 Å². The molecule has 1 aliphatic heterocycles. The van der Waals surface area contributed by atoms with E-state index in [2.05, 4.69) is 62.9 Å².